The summed E-state index contributed by atoms with van der Waals surface area (Å²) in [6.45, 7) is 0.957. The number of benzene rings is 2. The normalized spacial score (nSPS) is 16.5. The molecule has 1 aliphatic rings. The second kappa shape index (κ2) is 8.47. The van der Waals surface area contributed by atoms with E-state index in [1.54, 1.807) is 17.0 Å². The smallest absolute Gasteiger partial charge is 0.242 e. The van der Waals surface area contributed by atoms with E-state index in [1.165, 1.54) is 12.1 Å². The van der Waals surface area contributed by atoms with Gasteiger partial charge in [-0.2, -0.15) is 0 Å². The Labute approximate surface area is 168 Å². The van der Waals surface area contributed by atoms with Crippen LogP contribution in [0.2, 0.25) is 0 Å². The van der Waals surface area contributed by atoms with E-state index in [-0.39, 0.29) is 17.6 Å². The largest absolute Gasteiger partial charge is 0.361 e. The zero-order valence-corrected chi connectivity index (χ0v) is 16.2. The van der Waals surface area contributed by atoms with Crippen LogP contribution in [-0.2, 0) is 22.6 Å². The number of H-pyrrole nitrogens is 1. The van der Waals surface area contributed by atoms with E-state index >= 15 is 0 Å². The molecule has 0 bridgehead atoms. The van der Waals surface area contributed by atoms with E-state index in [2.05, 4.69) is 10.3 Å². The number of hydrogen-bond donors (Lipinski definition) is 2. The number of nitrogens with zero attached hydrogens (tertiary/aromatic N) is 1. The number of halogens is 1. The zero-order valence-electron chi connectivity index (χ0n) is 16.2. The van der Waals surface area contributed by atoms with Crippen LogP contribution in [0.3, 0.4) is 0 Å². The number of rotatable bonds is 7. The van der Waals surface area contributed by atoms with Crippen molar-refractivity contribution in [1.29, 1.82) is 0 Å². The van der Waals surface area contributed by atoms with Crippen molar-refractivity contribution in [3.63, 3.8) is 0 Å². The van der Waals surface area contributed by atoms with Gasteiger partial charge in [-0.3, -0.25) is 9.59 Å². The Kier molecular flexibility index (Phi) is 5.60. The Hall–Kier alpha value is -3.15. The number of aromatic amines is 1. The average molecular weight is 393 g/mol. The van der Waals surface area contributed by atoms with Crippen molar-refractivity contribution < 1.29 is 14.0 Å². The predicted octanol–water partition coefficient (Wildman–Crippen LogP) is 3.55. The van der Waals surface area contributed by atoms with E-state index in [9.17, 15) is 14.0 Å². The molecule has 29 heavy (non-hydrogen) atoms. The number of aryl methyl sites for hydroxylation is 1. The average Bonchev–Trinajstić information content (AvgIpc) is 3.31. The molecule has 1 atom stereocenters. The van der Waals surface area contributed by atoms with Gasteiger partial charge in [0.05, 0.1) is 0 Å². The maximum Gasteiger partial charge on any atom is 0.242 e. The number of likely N-dealkylation sites (tertiary alicyclic amines) is 1. The molecule has 2 amide bonds. The number of para-hydroxylation sites is 1. The van der Waals surface area contributed by atoms with Crippen LogP contribution >= 0.6 is 0 Å². The molecule has 1 unspecified atom stereocenters. The van der Waals surface area contributed by atoms with Crippen LogP contribution in [-0.4, -0.2) is 34.3 Å². The maximum absolute atomic E-state index is 13.0. The molecular formula is C23H24FN3O2. The fourth-order valence-electron chi connectivity index (χ4n) is 3.92. The number of amides is 2. The van der Waals surface area contributed by atoms with Gasteiger partial charge in [-0.15, -0.1) is 0 Å². The lowest BCUT2D eigenvalue weighted by Crippen LogP contribution is -2.44. The van der Waals surface area contributed by atoms with Crippen molar-refractivity contribution in [2.24, 2.45) is 0 Å². The quantitative estimate of drug-likeness (QED) is 0.603. The first-order valence-electron chi connectivity index (χ1n) is 9.98. The van der Waals surface area contributed by atoms with Gasteiger partial charge in [0.25, 0.3) is 0 Å². The second-order valence-electron chi connectivity index (χ2n) is 7.46. The number of carbonyl (C=O) groups is 2. The van der Waals surface area contributed by atoms with E-state index < -0.39 is 6.04 Å². The minimum absolute atomic E-state index is 0.0155. The topological polar surface area (TPSA) is 65.2 Å². The molecule has 1 saturated heterocycles. The third kappa shape index (κ3) is 4.31. The van der Waals surface area contributed by atoms with Gasteiger partial charge in [-0.25, -0.2) is 4.39 Å². The first-order valence-corrected chi connectivity index (χ1v) is 9.98. The summed E-state index contributed by atoms with van der Waals surface area (Å²) in [5, 5.41) is 4.03. The monoisotopic (exact) mass is 393 g/mol. The molecule has 0 aliphatic carbocycles. The van der Waals surface area contributed by atoms with Crippen LogP contribution in [0.1, 0.15) is 30.4 Å². The van der Waals surface area contributed by atoms with E-state index in [1.807, 2.05) is 30.5 Å². The van der Waals surface area contributed by atoms with Gasteiger partial charge < -0.3 is 15.2 Å². The summed E-state index contributed by atoms with van der Waals surface area (Å²) < 4.78 is 13.0. The number of hydrogen-bond acceptors (Lipinski definition) is 2. The molecule has 4 rings (SSSR count). The lowest BCUT2D eigenvalue weighted by molar-refractivity contribution is -0.135. The van der Waals surface area contributed by atoms with E-state index in [0.29, 0.717) is 25.9 Å². The zero-order chi connectivity index (χ0) is 20.2. The van der Waals surface area contributed by atoms with Crippen LogP contribution < -0.4 is 5.32 Å². The maximum atomic E-state index is 13.0. The molecule has 0 spiro atoms. The fourth-order valence-corrected chi connectivity index (χ4v) is 3.92. The third-order valence-corrected chi connectivity index (χ3v) is 5.50. The van der Waals surface area contributed by atoms with Gasteiger partial charge in [-0.1, -0.05) is 30.3 Å². The summed E-state index contributed by atoms with van der Waals surface area (Å²) in [6.07, 6.45) is 4.39. The second-order valence-corrected chi connectivity index (χ2v) is 7.46. The number of fused-ring (bicyclic) bond motifs is 1. The molecule has 1 aromatic heterocycles. The van der Waals surface area contributed by atoms with Crippen LogP contribution in [0.15, 0.2) is 54.7 Å². The van der Waals surface area contributed by atoms with Gasteiger partial charge in [0.15, 0.2) is 0 Å². The van der Waals surface area contributed by atoms with Gasteiger partial charge in [0, 0.05) is 36.6 Å². The van der Waals surface area contributed by atoms with Gasteiger partial charge in [0.1, 0.15) is 11.9 Å². The van der Waals surface area contributed by atoms with Crippen LogP contribution in [0.25, 0.3) is 10.9 Å². The van der Waals surface area contributed by atoms with Crippen LogP contribution in [0.5, 0.6) is 0 Å². The minimum atomic E-state index is -0.429. The number of carbonyl (C=O) groups excluding carboxylic acids is 2. The summed E-state index contributed by atoms with van der Waals surface area (Å²) in [5.41, 5.74) is 3.08. The summed E-state index contributed by atoms with van der Waals surface area (Å²) in [6, 6.07) is 13.9. The highest BCUT2D eigenvalue weighted by atomic mass is 19.1. The number of nitrogens with one attached hydrogen (secondary N) is 2. The van der Waals surface area contributed by atoms with E-state index in [4.69, 9.17) is 0 Å². The van der Waals surface area contributed by atoms with Crippen molar-refractivity contribution >= 4 is 22.7 Å². The lowest BCUT2D eigenvalue weighted by atomic mass is 10.1. The Morgan fingerprint density at radius 1 is 1.17 bits per heavy atom. The molecule has 0 saturated carbocycles. The molecule has 150 valence electrons. The summed E-state index contributed by atoms with van der Waals surface area (Å²) in [5.74, 6) is -0.334. The first kappa shape index (κ1) is 19.2. The predicted molar refractivity (Wildman–Crippen MR) is 110 cm³/mol. The molecule has 1 fully saturated rings. The Bertz CT molecular complexity index is 1010. The van der Waals surface area contributed by atoms with Crippen molar-refractivity contribution in [1.82, 2.24) is 15.2 Å². The Morgan fingerprint density at radius 3 is 2.79 bits per heavy atom. The van der Waals surface area contributed by atoms with Crippen molar-refractivity contribution in [2.45, 2.75) is 38.3 Å². The van der Waals surface area contributed by atoms with Crippen molar-refractivity contribution in [3.8, 4) is 0 Å². The third-order valence-electron chi connectivity index (χ3n) is 5.50. The highest BCUT2D eigenvalue weighted by molar-refractivity contribution is 5.91. The summed E-state index contributed by atoms with van der Waals surface area (Å²) >= 11 is 0. The SMILES string of the molecule is O=C(NCCCc1ccc(F)cc1)C1CCC(=O)N1Cc1c[nH]c2ccccc12. The first-order chi connectivity index (χ1) is 14.1. The molecule has 2 aromatic carbocycles. The Balaban J connectivity index is 1.33. The standard InChI is InChI=1S/C23H24FN3O2/c24-18-9-7-16(8-10-18)4-3-13-25-23(29)21-11-12-22(28)27(21)15-17-14-26-20-6-2-1-5-19(17)20/h1-2,5-10,14,21,26H,3-4,11-13,15H2,(H,25,29). The molecule has 0 radical (unpaired) electrons. The molecule has 1 aliphatic heterocycles. The lowest BCUT2D eigenvalue weighted by Gasteiger charge is -2.24. The Morgan fingerprint density at radius 2 is 1.97 bits per heavy atom. The molecule has 2 N–H and O–H groups in total. The van der Waals surface area contributed by atoms with Gasteiger partial charge in [-0.05, 0) is 48.6 Å². The fraction of sp³-hybridized carbons (Fsp3) is 0.304. The molecule has 6 heteroatoms. The minimum Gasteiger partial charge on any atom is -0.361 e. The summed E-state index contributed by atoms with van der Waals surface area (Å²) in [7, 11) is 0. The molecule has 5 nitrogen and oxygen atoms in total. The van der Waals surface area contributed by atoms with Crippen molar-refractivity contribution in [2.75, 3.05) is 6.54 Å². The molecule has 2 heterocycles. The van der Waals surface area contributed by atoms with Crippen molar-refractivity contribution in [3.05, 3.63) is 71.7 Å². The molecule has 3 aromatic rings. The van der Waals surface area contributed by atoms with Crippen LogP contribution in [0.4, 0.5) is 4.39 Å². The van der Waals surface area contributed by atoms with Gasteiger partial charge >= 0.3 is 0 Å². The highest BCUT2D eigenvalue weighted by Crippen LogP contribution is 2.25. The van der Waals surface area contributed by atoms with E-state index in [0.717, 1.165) is 34.9 Å². The number of aromatic nitrogens is 1. The molecular weight excluding hydrogens is 369 g/mol. The highest BCUT2D eigenvalue weighted by Gasteiger charge is 2.36. The van der Waals surface area contributed by atoms with Crippen LogP contribution in [0, 0.1) is 5.82 Å². The van der Waals surface area contributed by atoms with Gasteiger partial charge in [0.2, 0.25) is 11.8 Å². The summed E-state index contributed by atoms with van der Waals surface area (Å²) in [4.78, 5) is 30.0.